The maximum Gasteiger partial charge on any atom is 0.314 e. The summed E-state index contributed by atoms with van der Waals surface area (Å²) in [6.45, 7) is 4.37. The number of hydrogen-bond donors (Lipinski definition) is 0. The predicted octanol–water partition coefficient (Wildman–Crippen LogP) is 9.77. The number of carbonyl (C=O) groups excluding carboxylic acids is 1. The van der Waals surface area contributed by atoms with Crippen molar-refractivity contribution in [1.29, 1.82) is 0 Å². The summed E-state index contributed by atoms with van der Waals surface area (Å²) in [7, 11) is 0. The smallest absolute Gasteiger partial charge is 0.314 e. The molecule has 0 saturated heterocycles. The first-order valence-electron chi connectivity index (χ1n) is 14.6. The number of esters is 1. The minimum Gasteiger partial charge on any atom is -0.426 e. The Morgan fingerprint density at radius 1 is 0.811 bits per heavy atom. The molecule has 3 aromatic carbocycles. The van der Waals surface area contributed by atoms with E-state index < -0.39 is 0 Å². The monoisotopic (exact) mass is 496 g/mol. The van der Waals surface area contributed by atoms with Crippen molar-refractivity contribution in [1.82, 2.24) is 0 Å². The average Bonchev–Trinajstić information content (AvgIpc) is 2.96. The quantitative estimate of drug-likeness (QED) is 0.184. The number of ether oxygens (including phenoxy) is 1. The Kier molecular flexibility index (Phi) is 10.4. The van der Waals surface area contributed by atoms with E-state index in [1.54, 1.807) is 0 Å². The lowest BCUT2D eigenvalue weighted by Gasteiger charge is -2.28. The maximum atomic E-state index is 12.9. The zero-order chi connectivity index (χ0) is 25.9. The Hall–Kier alpha value is -2.87. The number of carbonyl (C=O) groups is 1. The number of aryl methyl sites for hydroxylation is 1. The Labute approximate surface area is 224 Å². The number of benzene rings is 3. The molecule has 1 unspecified atom stereocenters. The molecule has 4 rings (SSSR count). The molecule has 0 radical (unpaired) electrons. The van der Waals surface area contributed by atoms with Crippen molar-refractivity contribution >= 4 is 5.97 Å². The molecule has 2 heteroatoms. The highest BCUT2D eigenvalue weighted by atomic mass is 16.5. The van der Waals surface area contributed by atoms with Crippen molar-refractivity contribution < 1.29 is 9.53 Å². The third-order valence-electron chi connectivity index (χ3n) is 8.29. The lowest BCUT2D eigenvalue weighted by Crippen LogP contribution is -2.20. The molecule has 0 aliphatic heterocycles. The van der Waals surface area contributed by atoms with Crippen molar-refractivity contribution in [2.75, 3.05) is 0 Å². The molecule has 1 aliphatic carbocycles. The van der Waals surface area contributed by atoms with Gasteiger partial charge in [0.1, 0.15) is 5.75 Å². The molecule has 1 aliphatic rings. The van der Waals surface area contributed by atoms with Crippen LogP contribution in [-0.2, 0) is 11.2 Å². The van der Waals surface area contributed by atoms with Crippen molar-refractivity contribution in [3.05, 3.63) is 90.0 Å². The van der Waals surface area contributed by atoms with Gasteiger partial charge in [0, 0.05) is 0 Å². The van der Waals surface area contributed by atoms with Crippen LogP contribution in [0.15, 0.2) is 78.9 Å². The van der Waals surface area contributed by atoms with Crippen LogP contribution < -0.4 is 4.74 Å². The van der Waals surface area contributed by atoms with E-state index >= 15 is 0 Å². The van der Waals surface area contributed by atoms with Gasteiger partial charge in [0.15, 0.2) is 0 Å². The fourth-order valence-corrected chi connectivity index (χ4v) is 5.82. The van der Waals surface area contributed by atoms with E-state index in [9.17, 15) is 4.79 Å². The van der Waals surface area contributed by atoms with Crippen molar-refractivity contribution in [2.24, 2.45) is 11.8 Å². The van der Waals surface area contributed by atoms with Gasteiger partial charge in [-0.3, -0.25) is 4.79 Å². The number of rotatable bonds is 12. The minimum absolute atomic E-state index is 0.0540. The molecule has 0 aromatic heterocycles. The summed E-state index contributed by atoms with van der Waals surface area (Å²) in [4.78, 5) is 12.9. The van der Waals surface area contributed by atoms with Gasteiger partial charge in [-0.25, -0.2) is 0 Å². The van der Waals surface area contributed by atoms with Gasteiger partial charge in [-0.2, -0.15) is 0 Å². The first-order valence-corrected chi connectivity index (χ1v) is 14.6. The summed E-state index contributed by atoms with van der Waals surface area (Å²) in [6.07, 6.45) is 13.0. The van der Waals surface area contributed by atoms with Crippen molar-refractivity contribution in [3.63, 3.8) is 0 Å². The molecule has 1 fully saturated rings. The molecule has 2 nitrogen and oxygen atoms in total. The molecule has 0 heterocycles. The van der Waals surface area contributed by atoms with Crippen molar-refractivity contribution in [3.8, 4) is 16.9 Å². The molecule has 3 aromatic rings. The van der Waals surface area contributed by atoms with Crippen LogP contribution >= 0.6 is 0 Å². The highest BCUT2D eigenvalue weighted by Gasteiger charge is 2.23. The largest absolute Gasteiger partial charge is 0.426 e. The van der Waals surface area contributed by atoms with E-state index in [0.29, 0.717) is 11.7 Å². The van der Waals surface area contributed by atoms with E-state index in [1.165, 1.54) is 67.2 Å². The summed E-state index contributed by atoms with van der Waals surface area (Å²) in [5.41, 5.74) is 5.20. The molecule has 1 saturated carbocycles. The molecule has 1 atom stereocenters. The topological polar surface area (TPSA) is 26.3 Å². The first-order chi connectivity index (χ1) is 18.2. The van der Waals surface area contributed by atoms with Gasteiger partial charge in [0.05, 0.1) is 5.92 Å². The third-order valence-corrected chi connectivity index (χ3v) is 8.29. The van der Waals surface area contributed by atoms with Crippen LogP contribution in [0.5, 0.6) is 5.75 Å². The Morgan fingerprint density at radius 2 is 1.49 bits per heavy atom. The fourth-order valence-electron chi connectivity index (χ4n) is 5.82. The van der Waals surface area contributed by atoms with Crippen LogP contribution in [0.2, 0.25) is 0 Å². The second-order valence-corrected chi connectivity index (χ2v) is 10.9. The van der Waals surface area contributed by atoms with Crippen LogP contribution in [0, 0.1) is 11.8 Å². The molecular weight excluding hydrogens is 452 g/mol. The summed E-state index contributed by atoms with van der Waals surface area (Å²) in [5.74, 6) is 2.12. The molecular formula is C35H44O2. The zero-order valence-electron chi connectivity index (χ0n) is 22.8. The number of hydrogen-bond acceptors (Lipinski definition) is 2. The summed E-state index contributed by atoms with van der Waals surface area (Å²) in [5, 5.41) is 0. The predicted molar refractivity (Wildman–Crippen MR) is 155 cm³/mol. The Morgan fingerprint density at radius 3 is 2.14 bits per heavy atom. The van der Waals surface area contributed by atoms with Crippen LogP contribution in [0.3, 0.4) is 0 Å². The highest BCUT2D eigenvalue weighted by Crippen LogP contribution is 2.38. The standard InChI is InChI=1S/C35H44O2/c1-3-5-10-27-15-21-32(22-16-27)33-23-25-34(26-24-33)37-35(36)29(4-2)14-9-11-28-17-19-31(20-18-28)30-12-7-6-8-13-30/h6-8,12-13,17-20,23-27,29,32H,3-5,9-11,14-16,21-22H2,1-2H3. The van der Waals surface area contributed by atoms with Gasteiger partial charge < -0.3 is 4.74 Å². The van der Waals surface area contributed by atoms with Gasteiger partial charge in [0.2, 0.25) is 0 Å². The summed E-state index contributed by atoms with van der Waals surface area (Å²) < 4.78 is 5.80. The molecule has 0 spiro atoms. The second kappa shape index (κ2) is 14.2. The summed E-state index contributed by atoms with van der Waals surface area (Å²) in [6, 6.07) is 27.6. The molecule has 37 heavy (non-hydrogen) atoms. The second-order valence-electron chi connectivity index (χ2n) is 10.9. The lowest BCUT2D eigenvalue weighted by molar-refractivity contribution is -0.139. The SMILES string of the molecule is CCCCC1CCC(c2ccc(OC(=O)C(CC)CCCc3ccc(-c4ccccc4)cc3)cc2)CC1. The van der Waals surface area contributed by atoms with E-state index in [1.807, 2.05) is 18.2 Å². The highest BCUT2D eigenvalue weighted by molar-refractivity contribution is 5.75. The molecule has 196 valence electrons. The normalized spacial score (nSPS) is 18.3. The zero-order valence-corrected chi connectivity index (χ0v) is 22.8. The molecule has 0 bridgehead atoms. The Bertz CT molecular complexity index is 1060. The Balaban J connectivity index is 1.21. The maximum absolute atomic E-state index is 12.9. The first kappa shape index (κ1) is 27.2. The van der Waals surface area contributed by atoms with Crippen LogP contribution in [0.25, 0.3) is 11.1 Å². The van der Waals surface area contributed by atoms with Gasteiger partial charge in [-0.05, 0) is 97.6 Å². The van der Waals surface area contributed by atoms with Crippen LogP contribution in [0.4, 0.5) is 0 Å². The molecule has 0 amide bonds. The van der Waals surface area contributed by atoms with E-state index in [4.69, 9.17) is 4.74 Å². The third kappa shape index (κ3) is 8.06. The fraction of sp³-hybridized carbons (Fsp3) is 0.457. The van der Waals surface area contributed by atoms with Crippen LogP contribution in [0.1, 0.15) is 95.1 Å². The lowest BCUT2D eigenvalue weighted by atomic mass is 9.77. The van der Waals surface area contributed by atoms with Crippen LogP contribution in [-0.4, -0.2) is 5.97 Å². The van der Waals surface area contributed by atoms with Gasteiger partial charge >= 0.3 is 5.97 Å². The van der Waals surface area contributed by atoms with Gasteiger partial charge in [-0.15, -0.1) is 0 Å². The van der Waals surface area contributed by atoms with E-state index in [0.717, 1.165) is 31.6 Å². The van der Waals surface area contributed by atoms with Crippen molar-refractivity contribution in [2.45, 2.75) is 90.4 Å². The van der Waals surface area contributed by atoms with Gasteiger partial charge in [-0.1, -0.05) is 99.8 Å². The molecule has 0 N–H and O–H groups in total. The summed E-state index contributed by atoms with van der Waals surface area (Å²) >= 11 is 0. The number of unbranched alkanes of at least 4 members (excludes halogenated alkanes) is 1. The minimum atomic E-state index is -0.0916. The van der Waals surface area contributed by atoms with Gasteiger partial charge in [0.25, 0.3) is 0 Å². The average molecular weight is 497 g/mol. The van der Waals surface area contributed by atoms with E-state index in [-0.39, 0.29) is 11.9 Å². The van der Waals surface area contributed by atoms with E-state index in [2.05, 4.69) is 74.5 Å².